The first kappa shape index (κ1) is 14.9. The molecule has 22 heavy (non-hydrogen) atoms. The van der Waals surface area contributed by atoms with Crippen LogP contribution in [-0.2, 0) is 13.1 Å². The van der Waals surface area contributed by atoms with Crippen LogP contribution in [0.3, 0.4) is 0 Å². The Morgan fingerprint density at radius 2 is 1.64 bits per heavy atom. The lowest BCUT2D eigenvalue weighted by Gasteiger charge is -2.21. The maximum Gasteiger partial charge on any atom is 0.273 e. The van der Waals surface area contributed by atoms with E-state index in [-0.39, 0.29) is 5.91 Å². The third kappa shape index (κ3) is 3.61. The van der Waals surface area contributed by atoms with Crippen LogP contribution in [0.15, 0.2) is 53.2 Å². The van der Waals surface area contributed by atoms with Crippen molar-refractivity contribution < 1.29 is 4.79 Å². The number of hydrogen-bond donors (Lipinski definition) is 0. The lowest BCUT2D eigenvalue weighted by molar-refractivity contribution is 0.0727. The Bertz CT molecular complexity index is 700. The van der Waals surface area contributed by atoms with Gasteiger partial charge in [0.15, 0.2) is 0 Å². The summed E-state index contributed by atoms with van der Waals surface area (Å²) in [6.07, 6.45) is 0. The van der Waals surface area contributed by atoms with E-state index in [1.807, 2.05) is 46.8 Å². The Kier molecular flexibility index (Phi) is 4.65. The molecule has 0 saturated heterocycles. The first-order chi connectivity index (χ1) is 10.7. The van der Waals surface area contributed by atoms with Crippen molar-refractivity contribution in [3.63, 3.8) is 0 Å². The van der Waals surface area contributed by atoms with Gasteiger partial charge >= 0.3 is 0 Å². The smallest absolute Gasteiger partial charge is 0.273 e. The number of amides is 1. The largest absolute Gasteiger partial charge is 0.327 e. The molecule has 3 aromatic heterocycles. The third-order valence-corrected chi connectivity index (χ3v) is 4.97. The fourth-order valence-electron chi connectivity index (χ4n) is 2.20. The number of aromatic nitrogens is 1. The van der Waals surface area contributed by atoms with E-state index in [9.17, 15) is 4.79 Å². The molecule has 0 radical (unpaired) electrons. The normalized spacial score (nSPS) is 10.6. The number of nitrogens with zero attached hydrogens (tertiary/aromatic N) is 2. The molecule has 3 rings (SSSR count). The highest BCUT2D eigenvalue weighted by Crippen LogP contribution is 2.19. The van der Waals surface area contributed by atoms with E-state index in [4.69, 9.17) is 0 Å². The first-order valence-corrected chi connectivity index (χ1v) is 8.76. The average molecular weight is 328 g/mol. The van der Waals surface area contributed by atoms with Gasteiger partial charge in [0, 0.05) is 15.4 Å². The van der Waals surface area contributed by atoms with Gasteiger partial charge in [-0.15, -0.1) is 22.7 Å². The van der Waals surface area contributed by atoms with E-state index >= 15 is 0 Å². The molecule has 0 aliphatic rings. The van der Waals surface area contributed by atoms with E-state index in [0.717, 1.165) is 5.69 Å². The highest BCUT2D eigenvalue weighted by molar-refractivity contribution is 7.10. The van der Waals surface area contributed by atoms with Crippen LogP contribution in [0.5, 0.6) is 0 Å². The third-order valence-electron chi connectivity index (χ3n) is 3.25. The van der Waals surface area contributed by atoms with Crippen LogP contribution in [0.4, 0.5) is 0 Å². The van der Waals surface area contributed by atoms with E-state index in [1.165, 1.54) is 9.75 Å². The lowest BCUT2D eigenvalue weighted by Crippen LogP contribution is -2.30. The fourth-order valence-corrected chi connectivity index (χ4v) is 3.64. The molecule has 0 aliphatic carbocycles. The second-order valence-corrected chi connectivity index (χ2v) is 7.05. The van der Waals surface area contributed by atoms with Gasteiger partial charge in [-0.3, -0.25) is 4.79 Å². The van der Waals surface area contributed by atoms with Crippen molar-refractivity contribution in [1.82, 2.24) is 9.88 Å². The summed E-state index contributed by atoms with van der Waals surface area (Å²) in [7, 11) is 0. The van der Waals surface area contributed by atoms with Gasteiger partial charge in [-0.25, -0.2) is 4.98 Å². The molecule has 3 nitrogen and oxygen atoms in total. The standard InChI is InChI=1S/C17H16N2OS2/c1-13-5-2-8-16(18-13)17(20)19(11-14-6-3-9-21-14)12-15-7-4-10-22-15/h2-10H,11-12H2,1H3. The first-order valence-electron chi connectivity index (χ1n) is 7.00. The minimum absolute atomic E-state index is 0.0227. The molecule has 0 bridgehead atoms. The summed E-state index contributed by atoms with van der Waals surface area (Å²) < 4.78 is 0. The van der Waals surface area contributed by atoms with Crippen molar-refractivity contribution in [2.75, 3.05) is 0 Å². The molecule has 0 saturated carbocycles. The quantitative estimate of drug-likeness (QED) is 0.697. The Morgan fingerprint density at radius 1 is 1.00 bits per heavy atom. The molecule has 0 aromatic carbocycles. The van der Waals surface area contributed by atoms with Crippen LogP contribution in [0.1, 0.15) is 25.9 Å². The van der Waals surface area contributed by atoms with Crippen LogP contribution < -0.4 is 0 Å². The predicted molar refractivity (Wildman–Crippen MR) is 91.2 cm³/mol. The molecule has 0 unspecified atom stereocenters. The molecular formula is C17H16N2OS2. The molecule has 0 N–H and O–H groups in total. The van der Waals surface area contributed by atoms with Gasteiger partial charge in [-0.05, 0) is 41.9 Å². The van der Waals surface area contributed by atoms with Crippen LogP contribution in [0.2, 0.25) is 0 Å². The molecule has 0 aliphatic heterocycles. The van der Waals surface area contributed by atoms with Crippen molar-refractivity contribution in [1.29, 1.82) is 0 Å². The molecule has 1 amide bonds. The van der Waals surface area contributed by atoms with E-state index in [1.54, 1.807) is 28.7 Å². The Labute approximate surface area is 137 Å². The van der Waals surface area contributed by atoms with E-state index in [0.29, 0.717) is 18.8 Å². The van der Waals surface area contributed by atoms with Crippen LogP contribution >= 0.6 is 22.7 Å². The summed E-state index contributed by atoms with van der Waals surface area (Å²) in [6, 6.07) is 13.7. The topological polar surface area (TPSA) is 33.2 Å². The van der Waals surface area contributed by atoms with Gasteiger partial charge in [0.05, 0.1) is 13.1 Å². The number of hydrogen-bond acceptors (Lipinski definition) is 4. The van der Waals surface area contributed by atoms with Crippen LogP contribution in [0, 0.1) is 6.92 Å². The average Bonchev–Trinajstić information content (AvgIpc) is 3.19. The highest BCUT2D eigenvalue weighted by Gasteiger charge is 2.18. The SMILES string of the molecule is Cc1cccc(C(=O)N(Cc2cccs2)Cc2cccs2)n1. The van der Waals surface area contributed by atoms with Crippen molar-refractivity contribution in [2.45, 2.75) is 20.0 Å². The Morgan fingerprint density at radius 3 is 2.14 bits per heavy atom. The maximum atomic E-state index is 12.8. The van der Waals surface area contributed by atoms with Crippen molar-refractivity contribution in [2.24, 2.45) is 0 Å². The number of pyridine rings is 1. The van der Waals surface area contributed by atoms with Crippen molar-refractivity contribution >= 4 is 28.6 Å². The van der Waals surface area contributed by atoms with Crippen molar-refractivity contribution in [3.05, 3.63) is 74.4 Å². The van der Waals surface area contributed by atoms with Gasteiger partial charge in [0.2, 0.25) is 0 Å². The highest BCUT2D eigenvalue weighted by atomic mass is 32.1. The van der Waals surface area contributed by atoms with Gasteiger partial charge in [-0.2, -0.15) is 0 Å². The minimum Gasteiger partial charge on any atom is -0.327 e. The number of thiophene rings is 2. The number of carbonyl (C=O) groups is 1. The number of aryl methyl sites for hydroxylation is 1. The van der Waals surface area contributed by atoms with E-state index in [2.05, 4.69) is 17.1 Å². The zero-order chi connectivity index (χ0) is 15.4. The molecule has 5 heteroatoms. The summed E-state index contributed by atoms with van der Waals surface area (Å²) in [5, 5.41) is 4.07. The summed E-state index contributed by atoms with van der Waals surface area (Å²) in [4.78, 5) is 21.4. The molecule has 3 heterocycles. The van der Waals surface area contributed by atoms with Crippen LogP contribution in [-0.4, -0.2) is 15.8 Å². The summed E-state index contributed by atoms with van der Waals surface area (Å²) in [5.74, 6) is -0.0227. The second kappa shape index (κ2) is 6.85. The van der Waals surface area contributed by atoms with E-state index < -0.39 is 0 Å². The van der Waals surface area contributed by atoms with Crippen molar-refractivity contribution in [3.8, 4) is 0 Å². The molecule has 112 valence electrons. The molecule has 3 aromatic rings. The zero-order valence-corrected chi connectivity index (χ0v) is 13.9. The molecule has 0 spiro atoms. The molecule has 0 fully saturated rings. The Balaban J connectivity index is 1.85. The Hall–Kier alpha value is -1.98. The molecular weight excluding hydrogens is 312 g/mol. The van der Waals surface area contributed by atoms with Gasteiger partial charge in [0.25, 0.3) is 5.91 Å². The maximum absolute atomic E-state index is 12.8. The summed E-state index contributed by atoms with van der Waals surface area (Å²) in [5.41, 5.74) is 1.37. The molecule has 0 atom stereocenters. The minimum atomic E-state index is -0.0227. The van der Waals surface area contributed by atoms with Gasteiger partial charge in [-0.1, -0.05) is 18.2 Å². The lowest BCUT2D eigenvalue weighted by atomic mass is 10.2. The predicted octanol–water partition coefficient (Wildman–Crippen LogP) is 4.36. The zero-order valence-electron chi connectivity index (χ0n) is 12.2. The summed E-state index contributed by atoms with van der Waals surface area (Å²) in [6.45, 7) is 3.13. The number of carbonyl (C=O) groups excluding carboxylic acids is 1. The second-order valence-electron chi connectivity index (χ2n) is 4.98. The number of rotatable bonds is 5. The van der Waals surface area contributed by atoms with Gasteiger partial charge in [0.1, 0.15) is 5.69 Å². The monoisotopic (exact) mass is 328 g/mol. The van der Waals surface area contributed by atoms with Crippen LogP contribution in [0.25, 0.3) is 0 Å². The fraction of sp³-hybridized carbons (Fsp3) is 0.176. The van der Waals surface area contributed by atoms with Gasteiger partial charge < -0.3 is 4.90 Å². The summed E-state index contributed by atoms with van der Waals surface area (Å²) >= 11 is 3.34.